The summed E-state index contributed by atoms with van der Waals surface area (Å²) < 4.78 is 35.5. The van der Waals surface area contributed by atoms with E-state index < -0.39 is 39.3 Å². The number of methoxy groups -OCH3 is 1. The number of nitro benzene ring substituents is 1. The van der Waals surface area contributed by atoms with Gasteiger partial charge in [0.1, 0.15) is 18.3 Å². The van der Waals surface area contributed by atoms with E-state index in [-0.39, 0.29) is 40.8 Å². The summed E-state index contributed by atoms with van der Waals surface area (Å²) in [6, 6.07) is 24.9. The summed E-state index contributed by atoms with van der Waals surface area (Å²) >= 11 is 3.43. The molecule has 0 saturated heterocycles. The van der Waals surface area contributed by atoms with Crippen LogP contribution in [0.4, 0.5) is 11.4 Å². The van der Waals surface area contributed by atoms with Crippen LogP contribution in [0.15, 0.2) is 106 Å². The Labute approximate surface area is 288 Å². The number of benzene rings is 4. The Bertz CT molecular complexity index is 1850. The quantitative estimate of drug-likeness (QED) is 0.123. The number of hydrogen-bond acceptors (Lipinski definition) is 7. The number of nitrogens with zero attached hydrogens (tertiary/aromatic N) is 3. The van der Waals surface area contributed by atoms with Crippen molar-refractivity contribution >= 4 is 49.1 Å². The second kappa shape index (κ2) is 15.9. The van der Waals surface area contributed by atoms with Crippen LogP contribution in [0.2, 0.25) is 0 Å². The fourth-order valence-corrected chi connectivity index (χ4v) is 6.77. The molecule has 1 unspecified atom stereocenters. The number of rotatable bonds is 14. The molecule has 1 N–H and O–H groups in total. The smallest absolute Gasteiger partial charge is 0.273 e. The molecular formula is C35H37BrN4O7S. The second-order valence-corrected chi connectivity index (χ2v) is 14.2. The maximum atomic E-state index is 14.5. The number of nitrogens with one attached hydrogen (secondary N) is 1. The van der Waals surface area contributed by atoms with Crippen LogP contribution in [-0.2, 0) is 32.6 Å². The van der Waals surface area contributed by atoms with E-state index in [1.807, 2.05) is 68.4 Å². The maximum Gasteiger partial charge on any atom is 0.273 e. The Morgan fingerprint density at radius 2 is 1.58 bits per heavy atom. The monoisotopic (exact) mass is 736 g/mol. The van der Waals surface area contributed by atoms with Gasteiger partial charge in [0.15, 0.2) is 0 Å². The van der Waals surface area contributed by atoms with E-state index in [1.165, 1.54) is 43.2 Å². The number of carbonyl (C=O) groups excluding carboxylic acids is 2. The van der Waals surface area contributed by atoms with Gasteiger partial charge in [-0.1, -0.05) is 64.5 Å². The van der Waals surface area contributed by atoms with Crippen molar-refractivity contribution in [2.24, 2.45) is 0 Å². The minimum absolute atomic E-state index is 0.00162. The molecule has 0 radical (unpaired) electrons. The van der Waals surface area contributed by atoms with Gasteiger partial charge in [-0.15, -0.1) is 0 Å². The zero-order chi connectivity index (χ0) is 35.0. The van der Waals surface area contributed by atoms with Gasteiger partial charge in [0.2, 0.25) is 11.8 Å². The van der Waals surface area contributed by atoms with Crippen LogP contribution in [-0.4, -0.2) is 55.8 Å². The molecule has 0 heterocycles. The van der Waals surface area contributed by atoms with Gasteiger partial charge in [-0.05, 0) is 74.4 Å². The molecular weight excluding hydrogens is 700 g/mol. The number of amides is 2. The van der Waals surface area contributed by atoms with Crippen molar-refractivity contribution in [1.82, 2.24) is 10.2 Å². The van der Waals surface area contributed by atoms with E-state index in [0.29, 0.717) is 5.75 Å². The van der Waals surface area contributed by atoms with Crippen LogP contribution in [0.5, 0.6) is 5.75 Å². The first-order valence-corrected chi connectivity index (χ1v) is 17.3. The molecule has 11 nitrogen and oxygen atoms in total. The Morgan fingerprint density at radius 1 is 0.938 bits per heavy atom. The van der Waals surface area contributed by atoms with Crippen LogP contribution >= 0.6 is 15.9 Å². The van der Waals surface area contributed by atoms with E-state index in [2.05, 4.69) is 21.2 Å². The minimum atomic E-state index is -4.54. The number of halogens is 1. The molecule has 0 saturated carbocycles. The predicted octanol–water partition coefficient (Wildman–Crippen LogP) is 6.03. The summed E-state index contributed by atoms with van der Waals surface area (Å²) in [6.45, 7) is 4.44. The molecule has 0 bridgehead atoms. The highest BCUT2D eigenvalue weighted by Crippen LogP contribution is 2.30. The Kier molecular flexibility index (Phi) is 12.0. The standard InChI is InChI=1S/C35H37BrN4O7S/c1-24(2)37-35(42)33(20-26-8-6-5-7-9-26)38(22-27-11-13-28(36)14-12-27)34(41)23-39(29-15-17-30(47-4)18-16-29)48(45,46)31-19-10-25(3)32(21-31)40(43)44/h5-19,21,24,33H,20,22-23H2,1-4H3,(H,37,42). The normalized spacial score (nSPS) is 11.9. The van der Waals surface area contributed by atoms with Crippen molar-refractivity contribution in [1.29, 1.82) is 0 Å². The molecule has 4 rings (SSSR count). The Morgan fingerprint density at radius 3 is 2.17 bits per heavy atom. The van der Waals surface area contributed by atoms with Gasteiger partial charge in [0, 0.05) is 35.1 Å². The molecule has 0 spiro atoms. The molecule has 252 valence electrons. The molecule has 4 aromatic carbocycles. The van der Waals surface area contributed by atoms with Gasteiger partial charge in [0.25, 0.3) is 15.7 Å². The maximum absolute atomic E-state index is 14.5. The van der Waals surface area contributed by atoms with Crippen LogP contribution < -0.4 is 14.4 Å². The molecule has 1 atom stereocenters. The lowest BCUT2D eigenvalue weighted by Gasteiger charge is -2.34. The number of nitro groups is 1. The second-order valence-electron chi connectivity index (χ2n) is 11.4. The lowest BCUT2D eigenvalue weighted by molar-refractivity contribution is -0.385. The number of aryl methyl sites for hydroxylation is 1. The van der Waals surface area contributed by atoms with Gasteiger partial charge in [-0.25, -0.2) is 8.42 Å². The minimum Gasteiger partial charge on any atom is -0.497 e. The zero-order valence-electron chi connectivity index (χ0n) is 27.0. The van der Waals surface area contributed by atoms with Crippen molar-refractivity contribution in [3.8, 4) is 5.75 Å². The number of ether oxygens (including phenoxy) is 1. The first-order valence-electron chi connectivity index (χ1n) is 15.1. The topological polar surface area (TPSA) is 139 Å². The van der Waals surface area contributed by atoms with Crippen LogP contribution in [0.1, 0.15) is 30.5 Å². The van der Waals surface area contributed by atoms with E-state index in [4.69, 9.17) is 4.74 Å². The summed E-state index contributed by atoms with van der Waals surface area (Å²) in [5.74, 6) is -0.593. The molecule has 0 aromatic heterocycles. The van der Waals surface area contributed by atoms with Crippen LogP contribution in [0.3, 0.4) is 0 Å². The van der Waals surface area contributed by atoms with Crippen molar-refractivity contribution < 1.29 is 27.7 Å². The van der Waals surface area contributed by atoms with Crippen LogP contribution in [0, 0.1) is 17.0 Å². The summed E-state index contributed by atoms with van der Waals surface area (Å²) in [7, 11) is -3.08. The van der Waals surface area contributed by atoms with Gasteiger partial charge in [-0.2, -0.15) is 0 Å². The lowest BCUT2D eigenvalue weighted by atomic mass is 10.0. The van der Waals surface area contributed by atoms with Crippen molar-refractivity contribution in [2.45, 2.75) is 50.7 Å². The van der Waals surface area contributed by atoms with E-state index in [0.717, 1.165) is 26.0 Å². The third-order valence-corrected chi connectivity index (χ3v) is 9.87. The fraction of sp³-hybridized carbons (Fsp3) is 0.257. The van der Waals surface area contributed by atoms with Gasteiger partial charge in [0.05, 0.1) is 22.6 Å². The molecule has 0 aliphatic heterocycles. The van der Waals surface area contributed by atoms with Crippen LogP contribution in [0.25, 0.3) is 0 Å². The summed E-state index contributed by atoms with van der Waals surface area (Å²) in [5.41, 5.74) is 1.56. The molecule has 0 aliphatic carbocycles. The first-order chi connectivity index (χ1) is 22.8. The van der Waals surface area contributed by atoms with Crippen molar-refractivity contribution in [3.05, 3.63) is 128 Å². The molecule has 4 aromatic rings. The zero-order valence-corrected chi connectivity index (χ0v) is 29.4. The number of sulfonamides is 1. The van der Waals surface area contributed by atoms with E-state index >= 15 is 0 Å². The first kappa shape index (κ1) is 36.1. The third-order valence-electron chi connectivity index (χ3n) is 7.57. The molecule has 13 heteroatoms. The van der Waals surface area contributed by atoms with E-state index in [1.54, 1.807) is 12.1 Å². The Balaban J connectivity index is 1.84. The molecule has 2 amide bonds. The molecule has 0 aliphatic rings. The average Bonchev–Trinajstić information content (AvgIpc) is 3.06. The summed E-state index contributed by atoms with van der Waals surface area (Å²) in [5, 5.41) is 14.6. The molecule has 0 fully saturated rings. The van der Waals surface area contributed by atoms with Gasteiger partial charge >= 0.3 is 0 Å². The third kappa shape index (κ3) is 8.98. The number of carbonyl (C=O) groups is 2. The average molecular weight is 738 g/mol. The molecule has 48 heavy (non-hydrogen) atoms. The summed E-state index contributed by atoms with van der Waals surface area (Å²) in [4.78, 5) is 40.4. The highest BCUT2D eigenvalue weighted by Gasteiger charge is 2.35. The summed E-state index contributed by atoms with van der Waals surface area (Å²) in [6.07, 6.45) is 0.168. The lowest BCUT2D eigenvalue weighted by Crippen LogP contribution is -2.54. The van der Waals surface area contributed by atoms with Gasteiger partial charge < -0.3 is 15.0 Å². The SMILES string of the molecule is COc1ccc(N(CC(=O)N(Cc2ccc(Br)cc2)C(Cc2ccccc2)C(=O)NC(C)C)S(=O)(=O)c2ccc(C)c([N+](=O)[O-])c2)cc1. The predicted molar refractivity (Wildman–Crippen MR) is 187 cm³/mol. The number of hydrogen-bond donors (Lipinski definition) is 1. The van der Waals surface area contributed by atoms with E-state index in [9.17, 15) is 28.1 Å². The van der Waals surface area contributed by atoms with Gasteiger partial charge in [-0.3, -0.25) is 24.0 Å². The highest BCUT2D eigenvalue weighted by molar-refractivity contribution is 9.10. The van der Waals surface area contributed by atoms with Crippen molar-refractivity contribution in [2.75, 3.05) is 18.0 Å². The number of anilines is 1. The highest BCUT2D eigenvalue weighted by atomic mass is 79.9. The Hall–Kier alpha value is -4.75. The fourth-order valence-electron chi connectivity index (χ4n) is 5.07. The van der Waals surface area contributed by atoms with Crippen molar-refractivity contribution in [3.63, 3.8) is 0 Å². The largest absolute Gasteiger partial charge is 0.497 e.